The minimum atomic E-state index is 0.0298. The lowest BCUT2D eigenvalue weighted by Crippen LogP contribution is -2.43. The minimum absolute atomic E-state index is 0.0298. The van der Waals surface area contributed by atoms with Crippen LogP contribution in [-0.2, 0) is 4.79 Å². The zero-order valence-electron chi connectivity index (χ0n) is 11.2. The number of carbonyl (C=O) groups is 1. The first-order chi connectivity index (χ1) is 8.24. The molecule has 1 saturated heterocycles. The highest BCUT2D eigenvalue weighted by molar-refractivity contribution is 5.83. The highest BCUT2D eigenvalue weighted by Crippen LogP contribution is 2.32. The van der Waals surface area contributed by atoms with Crippen LogP contribution in [0.25, 0.3) is 0 Å². The number of unbranched alkanes of at least 4 members (excludes halogenated alkanes) is 2. The van der Waals surface area contributed by atoms with Crippen LogP contribution in [0, 0.1) is 5.92 Å². The maximum absolute atomic E-state index is 12.1. The first-order valence-corrected chi connectivity index (χ1v) is 7.30. The predicted molar refractivity (Wildman–Crippen MR) is 69.6 cm³/mol. The number of nitrogens with zero attached hydrogens (tertiary/aromatic N) is 1. The Morgan fingerprint density at radius 1 is 1.29 bits per heavy atom. The molecule has 0 spiro atoms. The third-order valence-electron chi connectivity index (χ3n) is 4.26. The van der Waals surface area contributed by atoms with Gasteiger partial charge in [-0.15, -0.1) is 0 Å². The fraction of sp³-hybridized carbons (Fsp3) is 0.929. The second kappa shape index (κ2) is 5.85. The van der Waals surface area contributed by atoms with Gasteiger partial charge in [-0.3, -0.25) is 10.1 Å². The van der Waals surface area contributed by atoms with E-state index in [0.717, 1.165) is 13.0 Å². The van der Waals surface area contributed by atoms with Crippen molar-refractivity contribution in [2.45, 2.75) is 71.0 Å². The molecule has 1 heterocycles. The summed E-state index contributed by atoms with van der Waals surface area (Å²) in [4.78, 5) is 14.3. The van der Waals surface area contributed by atoms with Crippen molar-refractivity contribution >= 4 is 5.91 Å². The van der Waals surface area contributed by atoms with Gasteiger partial charge < -0.3 is 4.90 Å². The topological polar surface area (TPSA) is 32.3 Å². The van der Waals surface area contributed by atoms with E-state index >= 15 is 0 Å². The number of rotatable bonds is 5. The van der Waals surface area contributed by atoms with Crippen molar-refractivity contribution < 1.29 is 4.79 Å². The summed E-state index contributed by atoms with van der Waals surface area (Å²) < 4.78 is 0. The molecule has 0 aromatic heterocycles. The largest absolute Gasteiger partial charge is 0.326 e. The van der Waals surface area contributed by atoms with Crippen LogP contribution in [0.3, 0.4) is 0 Å². The maximum atomic E-state index is 12.1. The molecule has 2 fully saturated rings. The van der Waals surface area contributed by atoms with Crippen molar-refractivity contribution in [1.29, 1.82) is 0 Å². The number of carbonyl (C=O) groups excluding carboxylic acids is 1. The Kier molecular flexibility index (Phi) is 4.43. The van der Waals surface area contributed by atoms with Gasteiger partial charge in [-0.05, 0) is 32.1 Å². The molecule has 0 aromatic carbocycles. The van der Waals surface area contributed by atoms with E-state index in [2.05, 4.69) is 17.1 Å². The molecule has 3 nitrogen and oxygen atoms in total. The Morgan fingerprint density at radius 3 is 2.65 bits per heavy atom. The van der Waals surface area contributed by atoms with E-state index in [0.29, 0.717) is 18.0 Å². The molecular formula is C14H26N2O. The van der Waals surface area contributed by atoms with Crippen LogP contribution >= 0.6 is 0 Å². The van der Waals surface area contributed by atoms with Crippen LogP contribution in [0.2, 0.25) is 0 Å². The fourth-order valence-corrected chi connectivity index (χ4v) is 3.25. The summed E-state index contributed by atoms with van der Waals surface area (Å²) in [5.41, 5.74) is 0. The van der Waals surface area contributed by atoms with Crippen molar-refractivity contribution in [2.24, 2.45) is 5.92 Å². The SMILES string of the molecule is CCCCCN1C(=O)C(C)NC1C1CCCC1. The van der Waals surface area contributed by atoms with Gasteiger partial charge in [0.05, 0.1) is 12.2 Å². The quantitative estimate of drug-likeness (QED) is 0.746. The normalized spacial score (nSPS) is 30.5. The third kappa shape index (κ3) is 2.82. The van der Waals surface area contributed by atoms with Crippen LogP contribution in [-0.4, -0.2) is 29.6 Å². The lowest BCUT2D eigenvalue weighted by molar-refractivity contribution is -0.130. The molecule has 1 N–H and O–H groups in total. The van der Waals surface area contributed by atoms with Crippen LogP contribution in [0.15, 0.2) is 0 Å². The van der Waals surface area contributed by atoms with Gasteiger partial charge in [0.1, 0.15) is 0 Å². The molecule has 2 atom stereocenters. The second-order valence-corrected chi connectivity index (χ2v) is 5.62. The van der Waals surface area contributed by atoms with Crippen LogP contribution in [0.4, 0.5) is 0 Å². The van der Waals surface area contributed by atoms with E-state index in [9.17, 15) is 4.79 Å². The Labute approximate surface area is 105 Å². The molecule has 2 aliphatic rings. The number of amides is 1. The Morgan fingerprint density at radius 2 is 2.00 bits per heavy atom. The summed E-state index contributed by atoms with van der Waals surface area (Å²) in [7, 11) is 0. The van der Waals surface area contributed by atoms with Crippen molar-refractivity contribution in [1.82, 2.24) is 10.2 Å². The van der Waals surface area contributed by atoms with Crippen molar-refractivity contribution in [2.75, 3.05) is 6.54 Å². The molecule has 1 amide bonds. The first-order valence-electron chi connectivity index (χ1n) is 7.30. The standard InChI is InChI=1S/C14H26N2O/c1-3-4-7-10-16-13(12-8-5-6-9-12)15-11(2)14(16)17/h11-13,15H,3-10H2,1-2H3. The van der Waals surface area contributed by atoms with E-state index < -0.39 is 0 Å². The number of hydrogen-bond donors (Lipinski definition) is 1. The molecule has 2 unspecified atom stereocenters. The highest BCUT2D eigenvalue weighted by atomic mass is 16.2. The highest BCUT2D eigenvalue weighted by Gasteiger charge is 2.40. The number of hydrogen-bond acceptors (Lipinski definition) is 2. The molecule has 98 valence electrons. The average molecular weight is 238 g/mol. The molecule has 1 saturated carbocycles. The van der Waals surface area contributed by atoms with E-state index in [4.69, 9.17) is 0 Å². The Balaban J connectivity index is 1.94. The van der Waals surface area contributed by atoms with Gasteiger partial charge in [-0.2, -0.15) is 0 Å². The average Bonchev–Trinajstić information content (AvgIpc) is 2.92. The minimum Gasteiger partial charge on any atom is -0.326 e. The molecule has 1 aliphatic carbocycles. The molecule has 0 radical (unpaired) electrons. The van der Waals surface area contributed by atoms with E-state index in [1.165, 1.54) is 38.5 Å². The summed E-state index contributed by atoms with van der Waals surface area (Å²) in [6.45, 7) is 5.16. The summed E-state index contributed by atoms with van der Waals surface area (Å²) in [6, 6.07) is 0.0298. The Bertz CT molecular complexity index is 261. The molecular weight excluding hydrogens is 212 g/mol. The van der Waals surface area contributed by atoms with Crippen molar-refractivity contribution in [3.63, 3.8) is 0 Å². The van der Waals surface area contributed by atoms with Gasteiger partial charge in [-0.25, -0.2) is 0 Å². The van der Waals surface area contributed by atoms with E-state index in [1.54, 1.807) is 0 Å². The smallest absolute Gasteiger partial charge is 0.240 e. The van der Waals surface area contributed by atoms with Gasteiger partial charge in [0.2, 0.25) is 5.91 Å². The van der Waals surface area contributed by atoms with E-state index in [-0.39, 0.29) is 6.04 Å². The number of nitrogens with one attached hydrogen (secondary N) is 1. The summed E-state index contributed by atoms with van der Waals surface area (Å²) in [5.74, 6) is 1.02. The van der Waals surface area contributed by atoms with Gasteiger partial charge in [0.15, 0.2) is 0 Å². The van der Waals surface area contributed by atoms with Crippen molar-refractivity contribution in [3.05, 3.63) is 0 Å². The summed E-state index contributed by atoms with van der Waals surface area (Å²) in [5, 5.41) is 3.50. The first kappa shape index (κ1) is 12.9. The van der Waals surface area contributed by atoms with E-state index in [1.807, 2.05) is 6.92 Å². The van der Waals surface area contributed by atoms with Gasteiger partial charge in [0, 0.05) is 6.54 Å². The molecule has 3 heteroatoms. The summed E-state index contributed by atoms with van der Waals surface area (Å²) in [6.07, 6.45) is 9.21. The second-order valence-electron chi connectivity index (χ2n) is 5.62. The molecule has 0 bridgehead atoms. The third-order valence-corrected chi connectivity index (χ3v) is 4.26. The maximum Gasteiger partial charge on any atom is 0.240 e. The molecule has 0 aromatic rings. The lowest BCUT2D eigenvalue weighted by Gasteiger charge is -2.29. The predicted octanol–water partition coefficient (Wildman–Crippen LogP) is 2.51. The zero-order valence-corrected chi connectivity index (χ0v) is 11.2. The Hall–Kier alpha value is -0.570. The van der Waals surface area contributed by atoms with Gasteiger partial charge >= 0.3 is 0 Å². The van der Waals surface area contributed by atoms with Crippen LogP contribution < -0.4 is 5.32 Å². The monoisotopic (exact) mass is 238 g/mol. The lowest BCUT2D eigenvalue weighted by atomic mass is 10.0. The zero-order chi connectivity index (χ0) is 12.3. The van der Waals surface area contributed by atoms with Gasteiger partial charge in [-0.1, -0.05) is 32.6 Å². The van der Waals surface area contributed by atoms with Crippen LogP contribution in [0.5, 0.6) is 0 Å². The molecule has 17 heavy (non-hydrogen) atoms. The summed E-state index contributed by atoms with van der Waals surface area (Å²) >= 11 is 0. The van der Waals surface area contributed by atoms with Gasteiger partial charge in [0.25, 0.3) is 0 Å². The molecule has 2 rings (SSSR count). The molecule has 1 aliphatic heterocycles. The fourth-order valence-electron chi connectivity index (χ4n) is 3.25. The van der Waals surface area contributed by atoms with Crippen LogP contribution in [0.1, 0.15) is 58.8 Å². The van der Waals surface area contributed by atoms with Crippen molar-refractivity contribution in [3.8, 4) is 0 Å².